The van der Waals surface area contributed by atoms with Crippen LogP contribution in [-0.4, -0.2) is 30.0 Å². The van der Waals surface area contributed by atoms with E-state index in [0.29, 0.717) is 5.88 Å². The molecule has 0 aromatic carbocycles. The van der Waals surface area contributed by atoms with E-state index in [2.05, 4.69) is 0 Å². The van der Waals surface area contributed by atoms with Crippen molar-refractivity contribution in [2.75, 3.05) is 12.9 Å². The third-order valence-electron chi connectivity index (χ3n) is 2.07. The van der Waals surface area contributed by atoms with E-state index in [4.69, 9.17) is 16.4 Å². The number of halogens is 1. The van der Waals surface area contributed by atoms with Crippen LogP contribution in [0.3, 0.4) is 0 Å². The maximum absolute atomic E-state index is 11.3. The van der Waals surface area contributed by atoms with Crippen molar-refractivity contribution < 1.29 is 9.63 Å². The van der Waals surface area contributed by atoms with E-state index < -0.39 is 5.41 Å². The van der Waals surface area contributed by atoms with Gasteiger partial charge in [0.05, 0.1) is 11.3 Å². The molecular weight excluding hydrogens is 166 g/mol. The average molecular weight is 178 g/mol. The zero-order valence-corrected chi connectivity index (χ0v) is 7.68. The maximum Gasteiger partial charge on any atom is 0.254 e. The fourth-order valence-corrected chi connectivity index (χ4v) is 1.58. The van der Waals surface area contributed by atoms with Gasteiger partial charge in [-0.1, -0.05) is 0 Å². The highest BCUT2D eigenvalue weighted by molar-refractivity contribution is 6.18. The van der Waals surface area contributed by atoms with Crippen LogP contribution in [0.2, 0.25) is 0 Å². The van der Waals surface area contributed by atoms with E-state index in [1.54, 1.807) is 7.05 Å². The Labute approximate surface area is 71.2 Å². The molecule has 1 unspecified atom stereocenters. The molecule has 0 saturated carbocycles. The van der Waals surface area contributed by atoms with Crippen LogP contribution in [0.1, 0.15) is 13.8 Å². The summed E-state index contributed by atoms with van der Waals surface area (Å²) in [6.07, 6.45) is -0.193. The summed E-state index contributed by atoms with van der Waals surface area (Å²) >= 11 is 5.62. The summed E-state index contributed by atoms with van der Waals surface area (Å²) < 4.78 is 0. The topological polar surface area (TPSA) is 29.5 Å². The second-order valence-corrected chi connectivity index (χ2v) is 3.58. The van der Waals surface area contributed by atoms with Crippen LogP contribution < -0.4 is 0 Å². The summed E-state index contributed by atoms with van der Waals surface area (Å²) in [5.41, 5.74) is -0.476. The van der Waals surface area contributed by atoms with Crippen molar-refractivity contribution in [2.45, 2.75) is 20.0 Å². The summed E-state index contributed by atoms with van der Waals surface area (Å²) in [5.74, 6) is 0.339. The summed E-state index contributed by atoms with van der Waals surface area (Å²) in [6, 6.07) is 0. The van der Waals surface area contributed by atoms with Gasteiger partial charge in [-0.15, -0.1) is 11.6 Å². The smallest absolute Gasteiger partial charge is 0.254 e. The largest absolute Gasteiger partial charge is 0.272 e. The fourth-order valence-electron chi connectivity index (χ4n) is 1.14. The van der Waals surface area contributed by atoms with Crippen molar-refractivity contribution in [3.8, 4) is 0 Å². The van der Waals surface area contributed by atoms with Crippen molar-refractivity contribution in [3.05, 3.63) is 0 Å². The zero-order valence-electron chi connectivity index (χ0n) is 6.93. The molecule has 1 aliphatic rings. The van der Waals surface area contributed by atoms with Crippen LogP contribution in [0.4, 0.5) is 0 Å². The van der Waals surface area contributed by atoms with Gasteiger partial charge < -0.3 is 0 Å². The van der Waals surface area contributed by atoms with Crippen molar-refractivity contribution in [3.63, 3.8) is 0 Å². The molecule has 0 N–H and O–H groups in total. The first-order valence-corrected chi connectivity index (χ1v) is 4.04. The molecule has 0 aromatic heterocycles. The lowest BCUT2D eigenvalue weighted by molar-refractivity contribution is -0.161. The Kier molecular flexibility index (Phi) is 2.12. The molecule has 1 amide bonds. The number of hydroxylamine groups is 2. The molecule has 0 radical (unpaired) electrons. The Bertz CT molecular complexity index is 181. The minimum Gasteiger partial charge on any atom is -0.272 e. The molecule has 4 heteroatoms. The van der Waals surface area contributed by atoms with Gasteiger partial charge in [0.15, 0.2) is 0 Å². The predicted octanol–water partition coefficient (Wildman–Crippen LogP) is 1.02. The number of carbonyl (C=O) groups is 1. The van der Waals surface area contributed by atoms with Crippen molar-refractivity contribution >= 4 is 17.5 Å². The molecule has 0 aromatic rings. The molecule has 0 aliphatic carbocycles. The third kappa shape index (κ3) is 1.23. The first kappa shape index (κ1) is 8.81. The number of hydrogen-bond donors (Lipinski definition) is 0. The average Bonchev–Trinajstić information content (AvgIpc) is 2.13. The monoisotopic (exact) mass is 177 g/mol. The highest BCUT2D eigenvalue weighted by Gasteiger charge is 2.46. The van der Waals surface area contributed by atoms with Gasteiger partial charge in [-0.05, 0) is 13.8 Å². The molecule has 0 spiro atoms. The Balaban J connectivity index is 2.82. The third-order valence-corrected chi connectivity index (χ3v) is 2.35. The molecule has 1 heterocycles. The number of alkyl halides is 1. The van der Waals surface area contributed by atoms with Crippen LogP contribution in [0.25, 0.3) is 0 Å². The van der Waals surface area contributed by atoms with E-state index in [-0.39, 0.29) is 12.0 Å². The molecule has 0 bridgehead atoms. The van der Waals surface area contributed by atoms with E-state index >= 15 is 0 Å². The number of nitrogens with zero attached hydrogens (tertiary/aromatic N) is 1. The summed E-state index contributed by atoms with van der Waals surface area (Å²) in [7, 11) is 1.61. The Morgan fingerprint density at radius 2 is 2.27 bits per heavy atom. The standard InChI is InChI=1S/C7H12ClNO2/c1-7(2)5(4-8)11-9(3)6(7)10/h5H,4H2,1-3H3. The Hall–Kier alpha value is -0.280. The van der Waals surface area contributed by atoms with Gasteiger partial charge in [0, 0.05) is 7.05 Å². The second kappa shape index (κ2) is 2.64. The fraction of sp³-hybridized carbons (Fsp3) is 0.857. The van der Waals surface area contributed by atoms with E-state index in [1.807, 2.05) is 13.8 Å². The second-order valence-electron chi connectivity index (χ2n) is 3.27. The molecule has 64 valence electrons. The first-order valence-electron chi connectivity index (χ1n) is 3.51. The van der Waals surface area contributed by atoms with Crippen molar-refractivity contribution in [1.29, 1.82) is 0 Å². The molecule has 3 nitrogen and oxygen atoms in total. The summed E-state index contributed by atoms with van der Waals surface area (Å²) in [6.45, 7) is 3.68. The first-order chi connectivity index (χ1) is 5.00. The maximum atomic E-state index is 11.3. The van der Waals surface area contributed by atoms with Crippen LogP contribution in [0.15, 0.2) is 0 Å². The molecule has 1 saturated heterocycles. The highest BCUT2D eigenvalue weighted by atomic mass is 35.5. The van der Waals surface area contributed by atoms with Crippen LogP contribution >= 0.6 is 11.6 Å². The van der Waals surface area contributed by atoms with Crippen LogP contribution in [-0.2, 0) is 9.63 Å². The van der Waals surface area contributed by atoms with Gasteiger partial charge in [-0.25, -0.2) is 5.06 Å². The van der Waals surface area contributed by atoms with Crippen molar-refractivity contribution in [2.24, 2.45) is 5.41 Å². The molecule has 11 heavy (non-hydrogen) atoms. The van der Waals surface area contributed by atoms with E-state index in [1.165, 1.54) is 5.06 Å². The molecule has 1 aliphatic heterocycles. The van der Waals surface area contributed by atoms with Gasteiger partial charge in [-0.3, -0.25) is 9.63 Å². The number of rotatable bonds is 1. The zero-order chi connectivity index (χ0) is 8.65. The van der Waals surface area contributed by atoms with Crippen LogP contribution in [0, 0.1) is 5.41 Å². The Morgan fingerprint density at radius 1 is 1.73 bits per heavy atom. The quantitative estimate of drug-likeness (QED) is 0.560. The van der Waals surface area contributed by atoms with Gasteiger partial charge in [0.2, 0.25) is 0 Å². The summed E-state index contributed by atoms with van der Waals surface area (Å²) in [5, 5.41) is 1.26. The minimum absolute atomic E-state index is 0.0110. The number of hydrogen-bond acceptors (Lipinski definition) is 2. The van der Waals surface area contributed by atoms with Gasteiger partial charge >= 0.3 is 0 Å². The predicted molar refractivity (Wildman–Crippen MR) is 42.1 cm³/mol. The Morgan fingerprint density at radius 3 is 2.45 bits per heavy atom. The number of amides is 1. The highest BCUT2D eigenvalue weighted by Crippen LogP contribution is 2.33. The van der Waals surface area contributed by atoms with Gasteiger partial charge in [-0.2, -0.15) is 0 Å². The lowest BCUT2D eigenvalue weighted by Crippen LogP contribution is -2.32. The SMILES string of the molecule is CN1OC(CCl)C(C)(C)C1=O. The van der Waals surface area contributed by atoms with Gasteiger partial charge in [0.1, 0.15) is 6.10 Å². The van der Waals surface area contributed by atoms with E-state index in [0.717, 1.165) is 0 Å². The molecule has 1 atom stereocenters. The molecule has 1 rings (SSSR count). The van der Waals surface area contributed by atoms with Crippen LogP contribution in [0.5, 0.6) is 0 Å². The number of carbonyl (C=O) groups excluding carboxylic acids is 1. The summed E-state index contributed by atoms with van der Waals surface area (Å²) in [4.78, 5) is 16.5. The molecule has 1 fully saturated rings. The molecular formula is C7H12ClNO2. The van der Waals surface area contributed by atoms with Gasteiger partial charge in [0.25, 0.3) is 5.91 Å². The lowest BCUT2D eigenvalue weighted by atomic mass is 9.87. The van der Waals surface area contributed by atoms with E-state index in [9.17, 15) is 4.79 Å². The normalized spacial score (nSPS) is 29.6. The van der Waals surface area contributed by atoms with Crippen molar-refractivity contribution in [1.82, 2.24) is 5.06 Å². The minimum atomic E-state index is -0.476. The lowest BCUT2D eigenvalue weighted by Gasteiger charge is -2.17.